The molecule has 0 unspecified atom stereocenters. The van der Waals surface area contributed by atoms with Crippen molar-refractivity contribution in [1.82, 2.24) is 4.98 Å². The Morgan fingerprint density at radius 2 is 1.67 bits per heavy atom. The number of aromatic amines is 1. The summed E-state index contributed by atoms with van der Waals surface area (Å²) in [4.78, 5) is 3.36. The largest absolute Gasteiger partial charge is 0.355 e. The van der Waals surface area contributed by atoms with E-state index in [1.807, 2.05) is 39.8 Å². The van der Waals surface area contributed by atoms with Gasteiger partial charge in [0.15, 0.2) is 0 Å². The Morgan fingerprint density at radius 3 is 2.22 bits per heavy atom. The Morgan fingerprint density at radius 1 is 1.06 bits per heavy atom. The second-order valence-electron chi connectivity index (χ2n) is 3.19. The van der Waals surface area contributed by atoms with Crippen LogP contribution in [-0.4, -0.2) is 4.98 Å². The van der Waals surface area contributed by atoms with Gasteiger partial charge >= 0.3 is 0 Å². The predicted octanol–water partition coefficient (Wildman–Crippen LogP) is 3.99. The van der Waals surface area contributed by atoms with Crippen LogP contribution >= 0.6 is 0 Å². The summed E-state index contributed by atoms with van der Waals surface area (Å²) < 4.78 is 0. The Bertz CT molecular complexity index is 573. The van der Waals surface area contributed by atoms with Crippen molar-refractivity contribution < 1.29 is 0 Å². The highest BCUT2D eigenvalue weighted by molar-refractivity contribution is 5.81. The van der Waals surface area contributed by atoms with E-state index in [4.69, 9.17) is 0 Å². The van der Waals surface area contributed by atoms with Gasteiger partial charge in [-0.15, -0.1) is 0 Å². The van der Waals surface area contributed by atoms with Gasteiger partial charge in [0.2, 0.25) is 0 Å². The van der Waals surface area contributed by atoms with Crippen LogP contribution in [0.3, 0.4) is 0 Å². The fourth-order valence-electron chi connectivity index (χ4n) is 1.74. The molecule has 1 heteroatoms. The monoisotopic (exact) mass is 243 g/mol. The molecule has 0 spiro atoms. The van der Waals surface area contributed by atoms with Crippen molar-refractivity contribution in [1.29, 1.82) is 0 Å². The fourth-order valence-corrected chi connectivity index (χ4v) is 1.74. The molecule has 1 nitrogen and oxygen atoms in total. The third-order valence-electron chi connectivity index (χ3n) is 2.35. The van der Waals surface area contributed by atoms with Crippen LogP contribution in [0, 0.1) is 0 Å². The molecular formula is C17H25N. The van der Waals surface area contributed by atoms with Crippen LogP contribution in [0.25, 0.3) is 23.1 Å². The summed E-state index contributed by atoms with van der Waals surface area (Å²) >= 11 is 0. The van der Waals surface area contributed by atoms with Gasteiger partial charge in [0.1, 0.15) is 0 Å². The van der Waals surface area contributed by atoms with Crippen molar-refractivity contribution in [2.45, 2.75) is 34.6 Å². The summed E-state index contributed by atoms with van der Waals surface area (Å²) in [5.41, 5.74) is 1.17. The molecule has 0 aliphatic heterocycles. The molecule has 1 N–H and O–H groups in total. The van der Waals surface area contributed by atoms with Crippen LogP contribution in [0.2, 0.25) is 0 Å². The first-order valence-electron chi connectivity index (χ1n) is 6.72. The van der Waals surface area contributed by atoms with Gasteiger partial charge in [-0.2, -0.15) is 0 Å². The van der Waals surface area contributed by atoms with Crippen LogP contribution in [-0.2, 0) is 0 Å². The van der Waals surface area contributed by atoms with Gasteiger partial charge in [0.25, 0.3) is 0 Å². The molecule has 2 aromatic rings. The first-order valence-corrected chi connectivity index (χ1v) is 6.72. The van der Waals surface area contributed by atoms with E-state index in [-0.39, 0.29) is 0 Å². The van der Waals surface area contributed by atoms with Crippen molar-refractivity contribution in [2.75, 3.05) is 0 Å². The van der Waals surface area contributed by atoms with Gasteiger partial charge in [-0.3, -0.25) is 0 Å². The van der Waals surface area contributed by atoms with Gasteiger partial charge in [-0.05, 0) is 19.1 Å². The molecule has 0 aliphatic carbocycles. The first kappa shape index (κ1) is 16.2. The zero-order valence-electron chi connectivity index (χ0n) is 12.2. The lowest BCUT2D eigenvalue weighted by Gasteiger charge is -1.85. The molecule has 0 radical (unpaired) electrons. The minimum Gasteiger partial charge on any atom is -0.355 e. The first-order chi connectivity index (χ1) is 8.86. The molecule has 0 amide bonds. The summed E-state index contributed by atoms with van der Waals surface area (Å²) in [5.74, 6) is 0. The lowest BCUT2D eigenvalue weighted by atomic mass is 10.2. The Labute approximate surface area is 111 Å². The minimum absolute atomic E-state index is 1.13. The molecule has 1 heterocycles. The maximum Gasteiger partial charge on any atom is 0.0464 e. The Balaban J connectivity index is 0.000000659. The van der Waals surface area contributed by atoms with E-state index in [1.54, 1.807) is 6.08 Å². The molecule has 0 bridgehead atoms. The fraction of sp³-hybridized carbons (Fsp3) is 0.294. The van der Waals surface area contributed by atoms with Crippen LogP contribution < -0.4 is 10.6 Å². The van der Waals surface area contributed by atoms with Crippen molar-refractivity contribution in [3.8, 4) is 0 Å². The lowest BCUT2D eigenvalue weighted by molar-refractivity contribution is 1.36. The van der Waals surface area contributed by atoms with Gasteiger partial charge in [-0.1, -0.05) is 64.6 Å². The molecule has 2 rings (SSSR count). The molecule has 98 valence electrons. The summed E-state index contributed by atoms with van der Waals surface area (Å²) in [7, 11) is 0. The Hall–Kier alpha value is -1.76. The van der Waals surface area contributed by atoms with Crippen molar-refractivity contribution in [3.05, 3.63) is 47.5 Å². The number of H-pyrrole nitrogens is 1. The number of hydrogen-bond acceptors (Lipinski definition) is 0. The molecule has 0 fully saturated rings. The van der Waals surface area contributed by atoms with Crippen molar-refractivity contribution in [3.63, 3.8) is 0 Å². The topological polar surface area (TPSA) is 15.8 Å². The summed E-state index contributed by atoms with van der Waals surface area (Å²) in [6.45, 7) is 13.8. The third kappa shape index (κ3) is 3.63. The van der Waals surface area contributed by atoms with E-state index in [1.165, 1.54) is 16.1 Å². The zero-order chi connectivity index (χ0) is 14.0. The molecule has 0 saturated heterocycles. The lowest BCUT2D eigenvalue weighted by Crippen LogP contribution is -2.21. The highest BCUT2D eigenvalue weighted by Gasteiger charge is 1.96. The quantitative estimate of drug-likeness (QED) is 0.779. The Kier molecular flexibility index (Phi) is 8.38. The van der Waals surface area contributed by atoms with Crippen molar-refractivity contribution in [2.24, 2.45) is 0 Å². The maximum atomic E-state index is 3.71. The van der Waals surface area contributed by atoms with Crippen LogP contribution in [0.1, 0.15) is 34.6 Å². The predicted molar refractivity (Wildman–Crippen MR) is 85.0 cm³/mol. The average Bonchev–Trinajstić information content (AvgIpc) is 2.81. The highest BCUT2D eigenvalue weighted by atomic mass is 14.7. The molecule has 1 aromatic heterocycles. The van der Waals surface area contributed by atoms with Crippen molar-refractivity contribution >= 4 is 23.1 Å². The molecule has 0 saturated carbocycles. The smallest absolute Gasteiger partial charge is 0.0464 e. The molecule has 0 aliphatic rings. The molecule has 1 aromatic carbocycles. The zero-order valence-corrected chi connectivity index (χ0v) is 12.2. The van der Waals surface area contributed by atoms with Crippen LogP contribution in [0.5, 0.6) is 0 Å². The number of fused-ring (bicyclic) bond motifs is 1. The molecule has 0 atom stereocenters. The van der Waals surface area contributed by atoms with Gasteiger partial charge < -0.3 is 4.98 Å². The third-order valence-corrected chi connectivity index (χ3v) is 2.35. The maximum absolute atomic E-state index is 3.71. The number of aromatic nitrogens is 1. The van der Waals surface area contributed by atoms with E-state index < -0.39 is 0 Å². The van der Waals surface area contributed by atoms with Crippen LogP contribution in [0.4, 0.5) is 0 Å². The van der Waals surface area contributed by atoms with Gasteiger partial charge in [-0.25, -0.2) is 0 Å². The summed E-state index contributed by atoms with van der Waals surface area (Å²) in [6.07, 6.45) is 5.92. The number of benzene rings is 1. The summed E-state index contributed by atoms with van der Waals surface area (Å²) in [5, 5.41) is 3.65. The molecular weight excluding hydrogens is 218 g/mol. The number of hydrogen-bond donors (Lipinski definition) is 1. The minimum atomic E-state index is 1.13. The van der Waals surface area contributed by atoms with E-state index in [0.717, 1.165) is 5.35 Å². The normalized spacial score (nSPS) is 11.4. The molecule has 18 heavy (non-hydrogen) atoms. The number of rotatable bonds is 1. The van der Waals surface area contributed by atoms with E-state index in [0.29, 0.717) is 0 Å². The summed E-state index contributed by atoms with van der Waals surface area (Å²) in [6, 6.07) is 8.31. The number of nitrogens with one attached hydrogen (secondary N) is 1. The number of para-hydroxylation sites is 1. The highest BCUT2D eigenvalue weighted by Crippen LogP contribution is 2.03. The average molecular weight is 243 g/mol. The van der Waals surface area contributed by atoms with E-state index in [2.05, 4.69) is 42.8 Å². The van der Waals surface area contributed by atoms with E-state index in [9.17, 15) is 0 Å². The SMILES string of the molecule is C=C/C=c1/[nH]c2ccccc2/c1=C/C.CC.CC. The van der Waals surface area contributed by atoms with Gasteiger partial charge in [0, 0.05) is 21.5 Å². The second kappa shape index (κ2) is 9.29. The second-order valence-corrected chi connectivity index (χ2v) is 3.19. The number of allylic oxidation sites excluding steroid dienone is 1. The van der Waals surface area contributed by atoms with Crippen LogP contribution in [0.15, 0.2) is 36.9 Å². The van der Waals surface area contributed by atoms with E-state index >= 15 is 0 Å². The standard InChI is InChI=1S/C13H13N.2C2H6/c1-3-7-12-10(4-2)11-8-5-6-9-13(11)14-12;2*1-2/h3-9,14H,1H2,2H3;2*1-2H3/b10-4-,12-7+;;. The van der Waals surface area contributed by atoms with Gasteiger partial charge in [0.05, 0.1) is 0 Å².